The number of nitriles is 1. The first-order valence-corrected chi connectivity index (χ1v) is 15.1. The van der Waals surface area contributed by atoms with E-state index in [0.29, 0.717) is 34.3 Å². The van der Waals surface area contributed by atoms with E-state index in [2.05, 4.69) is 43.7 Å². The first-order valence-electron chi connectivity index (χ1n) is 14.3. The van der Waals surface area contributed by atoms with Crippen molar-refractivity contribution in [2.75, 3.05) is 13.1 Å². The highest BCUT2D eigenvalue weighted by atomic mass is 35.5. The number of para-hydroxylation sites is 1. The molecule has 44 heavy (non-hydrogen) atoms. The van der Waals surface area contributed by atoms with Gasteiger partial charge in [-0.3, -0.25) is 14.5 Å². The fourth-order valence-electron chi connectivity index (χ4n) is 6.29. The van der Waals surface area contributed by atoms with Crippen molar-refractivity contribution in [3.8, 4) is 6.07 Å². The SMILES string of the molecule is CC(=O)NC(c1c[nH]c2ccccc12)(C(C(=O)NCc1ccc(Cl)c(Cl)c1)c1c[nH]c2ccc(C#N)cc12)N1CC=CCC1. The predicted octanol–water partition coefficient (Wildman–Crippen LogP) is 6.48. The maximum Gasteiger partial charge on any atom is 0.232 e. The van der Waals surface area contributed by atoms with Crippen LogP contribution in [0, 0.1) is 11.3 Å². The summed E-state index contributed by atoms with van der Waals surface area (Å²) in [6.45, 7) is 2.75. The van der Waals surface area contributed by atoms with Crippen molar-refractivity contribution in [3.05, 3.63) is 118 Å². The molecule has 1 aliphatic rings. The van der Waals surface area contributed by atoms with Gasteiger partial charge in [0.2, 0.25) is 11.8 Å². The molecule has 0 bridgehead atoms. The summed E-state index contributed by atoms with van der Waals surface area (Å²) in [5.74, 6) is -1.56. The second-order valence-corrected chi connectivity index (χ2v) is 11.7. The largest absolute Gasteiger partial charge is 0.361 e. The number of carbonyl (C=O) groups excluding carboxylic acids is 2. The van der Waals surface area contributed by atoms with Crippen molar-refractivity contribution >= 4 is 56.8 Å². The third kappa shape index (κ3) is 5.35. The summed E-state index contributed by atoms with van der Waals surface area (Å²) < 4.78 is 0. The number of halogens is 2. The van der Waals surface area contributed by atoms with Gasteiger partial charge in [0.15, 0.2) is 0 Å². The number of H-pyrrole nitrogens is 2. The van der Waals surface area contributed by atoms with E-state index in [9.17, 15) is 14.9 Å². The Morgan fingerprint density at radius 1 is 1.00 bits per heavy atom. The van der Waals surface area contributed by atoms with Crippen LogP contribution in [0.5, 0.6) is 0 Å². The molecule has 0 saturated heterocycles. The lowest BCUT2D eigenvalue weighted by Crippen LogP contribution is -2.64. The Hall–Kier alpha value is -4.55. The third-order valence-corrected chi connectivity index (χ3v) is 8.95. The molecule has 0 fully saturated rings. The van der Waals surface area contributed by atoms with Gasteiger partial charge >= 0.3 is 0 Å². The van der Waals surface area contributed by atoms with Crippen molar-refractivity contribution in [1.82, 2.24) is 25.5 Å². The number of aromatic nitrogens is 2. The summed E-state index contributed by atoms with van der Waals surface area (Å²) in [6, 6.07) is 20.6. The molecule has 1 aliphatic heterocycles. The van der Waals surface area contributed by atoms with Gasteiger partial charge in [-0.2, -0.15) is 5.26 Å². The van der Waals surface area contributed by atoms with Gasteiger partial charge in [0.25, 0.3) is 0 Å². The molecule has 2 aromatic heterocycles. The van der Waals surface area contributed by atoms with E-state index < -0.39 is 11.6 Å². The second kappa shape index (κ2) is 12.2. The molecule has 6 rings (SSSR count). The molecule has 3 heterocycles. The quantitative estimate of drug-likeness (QED) is 0.148. The van der Waals surface area contributed by atoms with E-state index in [1.807, 2.05) is 42.6 Å². The highest BCUT2D eigenvalue weighted by Gasteiger charge is 2.52. The Labute approximate surface area is 264 Å². The molecule has 2 amide bonds. The van der Waals surface area contributed by atoms with Gasteiger partial charge in [-0.1, -0.05) is 59.6 Å². The molecule has 3 aromatic carbocycles. The van der Waals surface area contributed by atoms with E-state index in [-0.39, 0.29) is 18.4 Å². The maximum atomic E-state index is 14.8. The second-order valence-electron chi connectivity index (χ2n) is 10.9. The number of rotatable bonds is 8. The molecule has 2 unspecified atom stereocenters. The molecule has 5 aromatic rings. The van der Waals surface area contributed by atoms with Crippen molar-refractivity contribution < 1.29 is 9.59 Å². The van der Waals surface area contributed by atoms with Gasteiger partial charge in [-0.25, -0.2) is 0 Å². The van der Waals surface area contributed by atoms with Crippen LogP contribution in [0.3, 0.4) is 0 Å². The van der Waals surface area contributed by atoms with Crippen molar-refractivity contribution in [1.29, 1.82) is 5.26 Å². The Kier molecular flexibility index (Phi) is 8.19. The van der Waals surface area contributed by atoms with Crippen LogP contribution < -0.4 is 10.6 Å². The minimum atomic E-state index is -1.32. The van der Waals surface area contributed by atoms with Gasteiger partial charge < -0.3 is 20.6 Å². The molecule has 0 aliphatic carbocycles. The minimum absolute atomic E-state index is 0.183. The Balaban J connectivity index is 1.60. The first-order chi connectivity index (χ1) is 21.3. The highest BCUT2D eigenvalue weighted by Crippen LogP contribution is 2.46. The lowest BCUT2D eigenvalue weighted by molar-refractivity contribution is -0.132. The van der Waals surface area contributed by atoms with Crippen molar-refractivity contribution in [2.45, 2.75) is 31.5 Å². The molecule has 4 N–H and O–H groups in total. The lowest BCUT2D eigenvalue weighted by Gasteiger charge is -2.49. The molecule has 2 atom stereocenters. The number of nitrogens with zero attached hydrogens (tertiary/aromatic N) is 2. The predicted molar refractivity (Wildman–Crippen MR) is 173 cm³/mol. The molecule has 0 spiro atoms. The molecule has 0 saturated carbocycles. The van der Waals surface area contributed by atoms with E-state index in [0.717, 1.165) is 39.4 Å². The topological polar surface area (TPSA) is 117 Å². The monoisotopic (exact) mass is 624 g/mol. The number of amides is 2. The van der Waals surface area contributed by atoms with E-state index in [1.54, 1.807) is 30.5 Å². The fraction of sp³-hybridized carbons (Fsp3) is 0.206. The van der Waals surface area contributed by atoms with Gasteiger partial charge in [-0.15, -0.1) is 0 Å². The van der Waals surface area contributed by atoms with Crippen LogP contribution in [0.25, 0.3) is 21.8 Å². The standard InChI is InChI=1S/C34H30Cl2N6O2/c1-21(43)41-34(42-13-5-2-6-14-42,27-20-39-30-8-4-3-7-24(27)30)32(26-19-38-31-12-10-22(17-37)15-25(26)31)33(44)40-18-23-9-11-28(35)29(36)16-23/h2-5,7-12,15-16,19-20,32,38-39H,6,13-14,18H2,1H3,(H,40,44)(H,41,43). The van der Waals surface area contributed by atoms with Gasteiger partial charge in [-0.05, 0) is 53.9 Å². The average Bonchev–Trinajstić information content (AvgIpc) is 3.66. The zero-order valence-corrected chi connectivity index (χ0v) is 25.5. The number of hydrogen-bond acceptors (Lipinski definition) is 4. The van der Waals surface area contributed by atoms with Gasteiger partial charge in [0.05, 0.1) is 21.7 Å². The van der Waals surface area contributed by atoms with Crippen LogP contribution in [-0.4, -0.2) is 39.8 Å². The summed E-state index contributed by atoms with van der Waals surface area (Å²) in [5.41, 5.74) is 2.98. The summed E-state index contributed by atoms with van der Waals surface area (Å²) >= 11 is 12.4. The van der Waals surface area contributed by atoms with Gasteiger partial charge in [0, 0.05) is 66.3 Å². The number of hydrogen-bond donors (Lipinski definition) is 4. The maximum absolute atomic E-state index is 14.8. The normalized spacial score (nSPS) is 15.5. The fourth-order valence-corrected chi connectivity index (χ4v) is 6.61. The summed E-state index contributed by atoms with van der Waals surface area (Å²) in [6.07, 6.45) is 8.60. The molecule has 222 valence electrons. The summed E-state index contributed by atoms with van der Waals surface area (Å²) in [4.78, 5) is 36.9. The van der Waals surface area contributed by atoms with Crippen LogP contribution in [0.4, 0.5) is 0 Å². The minimum Gasteiger partial charge on any atom is -0.361 e. The van der Waals surface area contributed by atoms with Crippen LogP contribution in [-0.2, 0) is 21.8 Å². The average molecular weight is 626 g/mol. The van der Waals surface area contributed by atoms with Crippen LogP contribution >= 0.6 is 23.2 Å². The molecular weight excluding hydrogens is 595 g/mol. The number of fused-ring (bicyclic) bond motifs is 2. The van der Waals surface area contributed by atoms with Crippen molar-refractivity contribution in [3.63, 3.8) is 0 Å². The summed E-state index contributed by atoms with van der Waals surface area (Å²) in [5, 5.41) is 18.6. The van der Waals surface area contributed by atoms with Crippen molar-refractivity contribution in [2.24, 2.45) is 0 Å². The molecular formula is C34H30Cl2N6O2. The molecule has 10 heteroatoms. The summed E-state index contributed by atoms with van der Waals surface area (Å²) in [7, 11) is 0. The number of nitrogens with one attached hydrogen (secondary N) is 4. The number of benzene rings is 3. The van der Waals surface area contributed by atoms with E-state index in [1.165, 1.54) is 6.92 Å². The number of aromatic amines is 2. The highest BCUT2D eigenvalue weighted by molar-refractivity contribution is 6.42. The van der Waals surface area contributed by atoms with E-state index in [4.69, 9.17) is 23.2 Å². The smallest absolute Gasteiger partial charge is 0.232 e. The van der Waals surface area contributed by atoms with Crippen LogP contribution in [0.15, 0.2) is 85.2 Å². The van der Waals surface area contributed by atoms with Gasteiger partial charge in [0.1, 0.15) is 11.6 Å². The van der Waals surface area contributed by atoms with E-state index >= 15 is 0 Å². The molecule has 8 nitrogen and oxygen atoms in total. The molecule has 0 radical (unpaired) electrons. The zero-order chi connectivity index (χ0) is 30.8. The lowest BCUT2D eigenvalue weighted by atomic mass is 9.77. The van der Waals surface area contributed by atoms with Crippen LogP contribution in [0.1, 0.15) is 41.5 Å². The third-order valence-electron chi connectivity index (χ3n) is 8.21. The van der Waals surface area contributed by atoms with Crippen LogP contribution in [0.2, 0.25) is 10.0 Å². The Morgan fingerprint density at radius 3 is 2.55 bits per heavy atom. The Morgan fingerprint density at radius 2 is 1.80 bits per heavy atom. The zero-order valence-electron chi connectivity index (χ0n) is 24.0. The number of carbonyl (C=O) groups is 2. The Bertz CT molecular complexity index is 1950. The first kappa shape index (κ1) is 29.5.